The first-order valence-electron chi connectivity index (χ1n) is 11.7. The molecule has 0 bridgehead atoms. The van der Waals surface area contributed by atoms with Gasteiger partial charge >= 0.3 is 0 Å². The molecule has 8 rings (SSSR count). The monoisotopic (exact) mass is 465 g/mol. The van der Waals surface area contributed by atoms with Crippen molar-refractivity contribution < 1.29 is 0 Å². The number of para-hydroxylation sites is 2. The minimum absolute atomic E-state index is 0.930. The summed E-state index contributed by atoms with van der Waals surface area (Å²) in [5, 5.41) is 7.51. The van der Waals surface area contributed by atoms with Crippen LogP contribution in [0.15, 0.2) is 109 Å². The van der Waals surface area contributed by atoms with Crippen molar-refractivity contribution in [1.29, 1.82) is 0 Å². The number of fused-ring (bicyclic) bond motifs is 5. The van der Waals surface area contributed by atoms with Gasteiger partial charge in [-0.05, 0) is 42.0 Å². The molecule has 0 atom stereocenters. The summed E-state index contributed by atoms with van der Waals surface area (Å²) in [6.45, 7) is 0. The van der Waals surface area contributed by atoms with E-state index >= 15 is 0 Å². The third kappa shape index (κ3) is 2.63. The van der Waals surface area contributed by atoms with E-state index in [0.29, 0.717) is 0 Å². The highest BCUT2D eigenvalue weighted by molar-refractivity contribution is 7.26. The van der Waals surface area contributed by atoms with E-state index in [2.05, 4.69) is 119 Å². The second kappa shape index (κ2) is 7.05. The molecule has 1 aliphatic heterocycles. The van der Waals surface area contributed by atoms with Gasteiger partial charge in [0, 0.05) is 42.7 Å². The summed E-state index contributed by atoms with van der Waals surface area (Å²) in [4.78, 5) is 5.05. The van der Waals surface area contributed by atoms with Gasteiger partial charge in [-0.2, -0.15) is 0 Å². The second-order valence-corrected chi connectivity index (χ2v) is 9.95. The standard InChI is InChI=1S/C31H19N3S/c1-2-9-20(10-3-1)31-32-25-13-5-6-14-26(25)34(31)33-18-17-21-19-24-22-11-4-7-16-28(22)35-30(24)23-12-8-15-27(33)29(21)23/h1-19H. The maximum absolute atomic E-state index is 5.05. The highest BCUT2D eigenvalue weighted by atomic mass is 32.1. The van der Waals surface area contributed by atoms with Crippen molar-refractivity contribution in [3.63, 3.8) is 0 Å². The summed E-state index contributed by atoms with van der Waals surface area (Å²) >= 11 is 1.88. The summed E-state index contributed by atoms with van der Waals surface area (Å²) in [7, 11) is 0. The zero-order chi connectivity index (χ0) is 22.9. The Kier molecular flexibility index (Phi) is 3.82. The molecule has 4 heteroatoms. The molecule has 35 heavy (non-hydrogen) atoms. The Balaban J connectivity index is 1.45. The topological polar surface area (TPSA) is 21.1 Å². The second-order valence-electron chi connectivity index (χ2n) is 8.90. The Bertz CT molecular complexity index is 1960. The van der Waals surface area contributed by atoms with Crippen molar-refractivity contribution in [3.05, 3.63) is 115 Å². The number of anilines is 1. The molecule has 0 amide bonds. The van der Waals surface area contributed by atoms with Gasteiger partial charge in [-0.3, -0.25) is 5.01 Å². The average molecular weight is 466 g/mol. The molecule has 0 unspecified atom stereocenters. The van der Waals surface area contributed by atoms with Gasteiger partial charge in [0.05, 0.1) is 16.7 Å². The van der Waals surface area contributed by atoms with E-state index in [9.17, 15) is 0 Å². The van der Waals surface area contributed by atoms with Gasteiger partial charge in [0.2, 0.25) is 0 Å². The van der Waals surface area contributed by atoms with Crippen molar-refractivity contribution in [2.75, 3.05) is 5.01 Å². The summed E-state index contributed by atoms with van der Waals surface area (Å²) in [5.74, 6) is 0.930. The summed E-state index contributed by atoms with van der Waals surface area (Å²) in [6, 6.07) is 36.5. The van der Waals surface area contributed by atoms with Crippen LogP contribution in [0.4, 0.5) is 5.69 Å². The van der Waals surface area contributed by atoms with Crippen LogP contribution in [0, 0.1) is 0 Å². The van der Waals surface area contributed by atoms with Gasteiger partial charge in [-0.15, -0.1) is 11.3 Å². The highest BCUT2D eigenvalue weighted by Crippen LogP contribution is 2.45. The Morgan fingerprint density at radius 1 is 0.686 bits per heavy atom. The molecular formula is C31H19N3S. The minimum atomic E-state index is 0.930. The molecule has 3 heterocycles. The molecular weight excluding hydrogens is 446 g/mol. The van der Waals surface area contributed by atoms with E-state index in [-0.39, 0.29) is 0 Å². The van der Waals surface area contributed by atoms with Crippen molar-refractivity contribution in [2.45, 2.75) is 0 Å². The van der Waals surface area contributed by atoms with Crippen LogP contribution in [0.3, 0.4) is 0 Å². The number of thiophene rings is 1. The molecule has 0 saturated heterocycles. The SMILES string of the molecule is C1=CN(n2c(-c3ccccc3)nc3ccccc32)c2cccc3c2c1cc1c2ccccc2sc31. The Labute approximate surface area is 205 Å². The largest absolute Gasteiger partial charge is 0.254 e. The molecule has 1 aliphatic rings. The predicted octanol–water partition coefficient (Wildman–Crippen LogP) is 8.48. The molecule has 7 aromatic rings. The maximum atomic E-state index is 5.05. The van der Waals surface area contributed by atoms with Crippen LogP contribution in [-0.4, -0.2) is 9.66 Å². The quantitative estimate of drug-likeness (QED) is 0.255. The molecule has 2 aromatic heterocycles. The predicted molar refractivity (Wildman–Crippen MR) is 149 cm³/mol. The lowest BCUT2D eigenvalue weighted by Crippen LogP contribution is -2.26. The van der Waals surface area contributed by atoms with Crippen molar-refractivity contribution in [3.8, 4) is 11.4 Å². The number of nitrogens with zero attached hydrogens (tertiary/aromatic N) is 3. The number of aromatic nitrogens is 2. The van der Waals surface area contributed by atoms with E-state index in [4.69, 9.17) is 4.98 Å². The fourth-order valence-corrected chi connectivity index (χ4v) is 6.62. The first-order chi connectivity index (χ1) is 17.4. The fraction of sp³-hybridized carbons (Fsp3) is 0. The van der Waals surface area contributed by atoms with Crippen molar-refractivity contribution in [1.82, 2.24) is 9.66 Å². The van der Waals surface area contributed by atoms with Gasteiger partial charge in [0.15, 0.2) is 5.82 Å². The number of hydrogen-bond acceptors (Lipinski definition) is 3. The Hall–Kier alpha value is -4.41. The molecule has 0 radical (unpaired) electrons. The third-order valence-electron chi connectivity index (χ3n) is 6.94. The third-order valence-corrected chi connectivity index (χ3v) is 8.16. The fourth-order valence-electron chi connectivity index (χ4n) is 5.40. The summed E-state index contributed by atoms with van der Waals surface area (Å²) in [5.41, 5.74) is 5.58. The van der Waals surface area contributed by atoms with Crippen LogP contribution >= 0.6 is 11.3 Å². The summed E-state index contributed by atoms with van der Waals surface area (Å²) < 4.78 is 4.92. The van der Waals surface area contributed by atoms with E-state index < -0.39 is 0 Å². The van der Waals surface area contributed by atoms with Crippen molar-refractivity contribution >= 4 is 65.1 Å². The Morgan fingerprint density at radius 3 is 2.43 bits per heavy atom. The normalized spacial score (nSPS) is 13.0. The van der Waals surface area contributed by atoms with Crippen LogP contribution in [-0.2, 0) is 0 Å². The molecule has 3 nitrogen and oxygen atoms in total. The van der Waals surface area contributed by atoms with Crippen LogP contribution in [0.1, 0.15) is 5.56 Å². The van der Waals surface area contributed by atoms with E-state index in [0.717, 1.165) is 22.4 Å². The lowest BCUT2D eigenvalue weighted by atomic mass is 9.97. The smallest absolute Gasteiger partial charge is 0.160 e. The van der Waals surface area contributed by atoms with Gasteiger partial charge in [0.25, 0.3) is 0 Å². The van der Waals surface area contributed by atoms with Gasteiger partial charge in [-0.1, -0.05) is 72.8 Å². The van der Waals surface area contributed by atoms with Crippen LogP contribution in [0.25, 0.3) is 59.4 Å². The van der Waals surface area contributed by atoms with E-state index in [1.165, 1.54) is 42.2 Å². The lowest BCUT2D eigenvalue weighted by molar-refractivity contribution is 0.847. The first kappa shape index (κ1) is 19.0. The van der Waals surface area contributed by atoms with Gasteiger partial charge in [-0.25, -0.2) is 9.66 Å². The highest BCUT2D eigenvalue weighted by Gasteiger charge is 2.23. The zero-order valence-electron chi connectivity index (χ0n) is 18.7. The molecule has 0 aliphatic carbocycles. The zero-order valence-corrected chi connectivity index (χ0v) is 19.5. The van der Waals surface area contributed by atoms with Crippen molar-refractivity contribution in [2.24, 2.45) is 0 Å². The number of hydrogen-bond donors (Lipinski definition) is 0. The van der Waals surface area contributed by atoms with Crippen LogP contribution in [0.2, 0.25) is 0 Å². The maximum Gasteiger partial charge on any atom is 0.160 e. The molecule has 0 N–H and O–H groups in total. The molecule has 0 spiro atoms. The summed E-state index contributed by atoms with van der Waals surface area (Å²) in [6.07, 6.45) is 4.42. The Morgan fingerprint density at radius 2 is 1.49 bits per heavy atom. The lowest BCUT2D eigenvalue weighted by Gasteiger charge is -2.29. The minimum Gasteiger partial charge on any atom is -0.254 e. The van der Waals surface area contributed by atoms with Gasteiger partial charge < -0.3 is 0 Å². The number of benzene rings is 5. The van der Waals surface area contributed by atoms with Crippen LogP contribution < -0.4 is 5.01 Å². The van der Waals surface area contributed by atoms with Crippen LogP contribution in [0.5, 0.6) is 0 Å². The number of rotatable bonds is 2. The average Bonchev–Trinajstić information content (AvgIpc) is 3.49. The van der Waals surface area contributed by atoms with Gasteiger partial charge in [0.1, 0.15) is 0 Å². The van der Waals surface area contributed by atoms with E-state index in [1.807, 2.05) is 17.4 Å². The molecule has 5 aromatic carbocycles. The van der Waals surface area contributed by atoms with E-state index in [1.54, 1.807) is 0 Å². The number of imidazole rings is 1. The first-order valence-corrected chi connectivity index (χ1v) is 12.6. The molecule has 0 fully saturated rings. The molecule has 0 saturated carbocycles. The molecule has 164 valence electrons.